The zero-order chi connectivity index (χ0) is 29.4. The van der Waals surface area contributed by atoms with Crippen LogP contribution >= 0.6 is 0 Å². The minimum atomic E-state index is -0.192. The lowest BCUT2D eigenvalue weighted by Gasteiger charge is -2.34. The summed E-state index contributed by atoms with van der Waals surface area (Å²) in [5.74, 6) is 0.847. The number of nitriles is 1. The Morgan fingerprint density at radius 2 is 2.00 bits per heavy atom. The number of carbonyl (C=O) groups excluding carboxylic acids is 1. The number of aromatic hydroxyl groups is 1. The lowest BCUT2D eigenvalue weighted by atomic mass is 10.0. The van der Waals surface area contributed by atoms with Crippen LogP contribution in [0.5, 0.6) is 11.8 Å². The Morgan fingerprint density at radius 3 is 2.73 bits per heavy atom. The molecule has 0 bridgehead atoms. The molecule has 1 N–H and O–H groups in total. The van der Waals surface area contributed by atoms with Gasteiger partial charge in [-0.2, -0.15) is 15.2 Å². The molecule has 0 fully saturated rings. The molecule has 1 aliphatic heterocycles. The molecule has 0 aliphatic carbocycles. The number of rotatable bonds is 13. The standard InChI is InChI=1S/C31H39N7O3/c1-5-29(40)37(14-9-13-32)17-16-36(6-2)30-26-12-15-38(22-27(26)33-31(34-30)41-19-18-35(3)4)28-21-24(39)20-23-10-7-8-11-25(23)28/h5,7-8,10-11,20-21,39H,1,6,9,12,14-19,22H2,2-4H3. The predicted octanol–water partition coefficient (Wildman–Crippen LogP) is 3.59. The Morgan fingerprint density at radius 1 is 1.20 bits per heavy atom. The Balaban J connectivity index is 1.66. The van der Waals surface area contributed by atoms with E-state index < -0.39 is 0 Å². The van der Waals surface area contributed by atoms with Crippen LogP contribution in [0.1, 0.15) is 24.6 Å². The van der Waals surface area contributed by atoms with E-state index in [0.717, 1.165) is 46.6 Å². The van der Waals surface area contributed by atoms with Crippen LogP contribution in [0.15, 0.2) is 49.1 Å². The average Bonchev–Trinajstić information content (AvgIpc) is 2.97. The lowest BCUT2D eigenvalue weighted by Crippen LogP contribution is -2.40. The fourth-order valence-corrected chi connectivity index (χ4v) is 5.08. The van der Waals surface area contributed by atoms with Gasteiger partial charge in [-0.15, -0.1) is 0 Å². The van der Waals surface area contributed by atoms with E-state index in [1.165, 1.54) is 6.08 Å². The second-order valence-corrected chi connectivity index (χ2v) is 10.3. The minimum Gasteiger partial charge on any atom is -0.508 e. The summed E-state index contributed by atoms with van der Waals surface area (Å²) >= 11 is 0. The molecule has 1 aliphatic rings. The van der Waals surface area contributed by atoms with Crippen LogP contribution in [0.3, 0.4) is 0 Å². The van der Waals surface area contributed by atoms with Crippen molar-refractivity contribution in [2.75, 3.05) is 69.8 Å². The molecule has 216 valence electrons. The summed E-state index contributed by atoms with van der Waals surface area (Å²) in [6, 6.07) is 14.1. The second-order valence-electron chi connectivity index (χ2n) is 10.3. The maximum atomic E-state index is 12.4. The minimum absolute atomic E-state index is 0.192. The van der Waals surface area contributed by atoms with E-state index in [9.17, 15) is 9.90 Å². The number of aromatic nitrogens is 2. The summed E-state index contributed by atoms with van der Waals surface area (Å²) in [4.78, 5) is 30.2. The fraction of sp³-hybridized carbons (Fsp3) is 0.419. The van der Waals surface area contributed by atoms with E-state index in [1.807, 2.05) is 43.3 Å². The average molecular weight is 558 g/mol. The smallest absolute Gasteiger partial charge is 0.318 e. The molecule has 4 rings (SSSR count). The fourth-order valence-electron chi connectivity index (χ4n) is 5.08. The van der Waals surface area contributed by atoms with Crippen LogP contribution in [0, 0.1) is 11.3 Å². The van der Waals surface area contributed by atoms with E-state index in [2.05, 4.69) is 35.4 Å². The van der Waals surface area contributed by atoms with Gasteiger partial charge in [-0.3, -0.25) is 4.79 Å². The Hall–Kier alpha value is -4.36. The number of hydrogen-bond donors (Lipinski definition) is 1. The van der Waals surface area contributed by atoms with E-state index in [-0.39, 0.29) is 18.1 Å². The highest BCUT2D eigenvalue weighted by atomic mass is 16.5. The first kappa shape index (κ1) is 29.6. The summed E-state index contributed by atoms with van der Waals surface area (Å²) in [7, 11) is 3.98. The summed E-state index contributed by atoms with van der Waals surface area (Å²) in [5, 5.41) is 21.5. The highest BCUT2D eigenvalue weighted by Crippen LogP contribution is 2.36. The van der Waals surface area contributed by atoms with Crippen molar-refractivity contribution in [1.29, 1.82) is 5.26 Å². The summed E-state index contributed by atoms with van der Waals surface area (Å²) in [6.07, 6.45) is 2.27. The number of phenols is 1. The largest absolute Gasteiger partial charge is 0.508 e. The number of fused-ring (bicyclic) bond motifs is 2. The molecule has 0 saturated carbocycles. The molecule has 0 atom stereocenters. The van der Waals surface area contributed by atoms with Crippen LogP contribution in [-0.4, -0.2) is 90.8 Å². The van der Waals surface area contributed by atoms with Gasteiger partial charge >= 0.3 is 6.01 Å². The molecule has 3 aromatic rings. The highest BCUT2D eigenvalue weighted by molar-refractivity contribution is 5.95. The van der Waals surface area contributed by atoms with E-state index in [1.54, 1.807) is 11.0 Å². The first-order valence-corrected chi connectivity index (χ1v) is 14.0. The molecule has 0 spiro atoms. The van der Waals surface area contributed by atoms with Crippen molar-refractivity contribution in [1.82, 2.24) is 19.8 Å². The molecular weight excluding hydrogens is 518 g/mol. The second kappa shape index (κ2) is 13.8. The third kappa shape index (κ3) is 7.24. The molecule has 0 unspecified atom stereocenters. The number of nitrogens with zero attached hydrogens (tertiary/aromatic N) is 7. The van der Waals surface area contributed by atoms with Crippen LogP contribution < -0.4 is 14.5 Å². The molecule has 10 heteroatoms. The van der Waals surface area contributed by atoms with E-state index in [4.69, 9.17) is 20.0 Å². The molecule has 10 nitrogen and oxygen atoms in total. The third-order valence-electron chi connectivity index (χ3n) is 7.26. The summed E-state index contributed by atoms with van der Waals surface area (Å²) in [5.41, 5.74) is 2.91. The van der Waals surface area contributed by atoms with Gasteiger partial charge in [-0.05, 0) is 45.0 Å². The zero-order valence-electron chi connectivity index (χ0n) is 24.2. The zero-order valence-corrected chi connectivity index (χ0v) is 24.2. The van der Waals surface area contributed by atoms with Crippen molar-refractivity contribution in [3.05, 3.63) is 60.3 Å². The van der Waals surface area contributed by atoms with Gasteiger partial charge < -0.3 is 29.4 Å². The van der Waals surface area contributed by atoms with Crippen molar-refractivity contribution >= 4 is 28.2 Å². The van der Waals surface area contributed by atoms with Gasteiger partial charge in [-0.1, -0.05) is 30.8 Å². The van der Waals surface area contributed by atoms with Crippen molar-refractivity contribution in [3.63, 3.8) is 0 Å². The normalized spacial score (nSPS) is 12.6. The maximum absolute atomic E-state index is 12.4. The number of phenolic OH excluding ortho intramolecular Hbond substituents is 1. The molecule has 2 aromatic carbocycles. The first-order valence-electron chi connectivity index (χ1n) is 14.0. The Bertz CT molecular complexity index is 1420. The highest BCUT2D eigenvalue weighted by Gasteiger charge is 2.27. The van der Waals surface area contributed by atoms with Crippen molar-refractivity contribution in [2.45, 2.75) is 26.3 Å². The van der Waals surface area contributed by atoms with Crippen LogP contribution in [0.25, 0.3) is 10.8 Å². The van der Waals surface area contributed by atoms with Gasteiger partial charge in [0, 0.05) is 62.0 Å². The quantitative estimate of drug-likeness (QED) is 0.315. The number of hydrogen-bond acceptors (Lipinski definition) is 9. The number of ether oxygens (including phenoxy) is 1. The van der Waals surface area contributed by atoms with Crippen molar-refractivity contribution < 1.29 is 14.6 Å². The van der Waals surface area contributed by atoms with Crippen LogP contribution in [0.2, 0.25) is 0 Å². The van der Waals surface area contributed by atoms with Crippen molar-refractivity contribution in [2.24, 2.45) is 0 Å². The van der Waals surface area contributed by atoms with Gasteiger partial charge in [0.25, 0.3) is 0 Å². The SMILES string of the molecule is C=CC(=O)N(CCC#N)CCN(CC)c1nc(OCCN(C)C)nc2c1CCN(c1cc(O)cc3ccccc13)C2. The number of amides is 1. The van der Waals surface area contributed by atoms with Gasteiger partial charge in [0.1, 0.15) is 18.2 Å². The van der Waals surface area contributed by atoms with Crippen LogP contribution in [0.4, 0.5) is 11.5 Å². The number of benzene rings is 2. The van der Waals surface area contributed by atoms with Gasteiger partial charge in [-0.25, -0.2) is 0 Å². The molecule has 41 heavy (non-hydrogen) atoms. The predicted molar refractivity (Wildman–Crippen MR) is 161 cm³/mol. The van der Waals surface area contributed by atoms with Gasteiger partial charge in [0.15, 0.2) is 0 Å². The monoisotopic (exact) mass is 557 g/mol. The molecule has 1 aromatic heterocycles. The first-order chi connectivity index (χ1) is 19.8. The Kier molecular flexibility index (Phi) is 9.98. The number of anilines is 2. The molecule has 0 saturated heterocycles. The molecule has 2 heterocycles. The van der Waals surface area contributed by atoms with E-state index >= 15 is 0 Å². The Labute approximate surface area is 242 Å². The summed E-state index contributed by atoms with van der Waals surface area (Å²) < 4.78 is 6.02. The number of likely N-dealkylation sites (N-methyl/N-ethyl adjacent to an activating group) is 2. The maximum Gasteiger partial charge on any atom is 0.318 e. The van der Waals surface area contributed by atoms with Gasteiger partial charge in [0.2, 0.25) is 5.91 Å². The summed E-state index contributed by atoms with van der Waals surface area (Å²) in [6.45, 7) is 10.1. The molecular formula is C31H39N7O3. The topological polar surface area (TPSA) is 109 Å². The third-order valence-corrected chi connectivity index (χ3v) is 7.26. The molecule has 1 amide bonds. The molecule has 0 radical (unpaired) electrons. The van der Waals surface area contributed by atoms with Gasteiger partial charge in [0.05, 0.1) is 24.7 Å². The van der Waals surface area contributed by atoms with Crippen LogP contribution in [-0.2, 0) is 17.8 Å². The number of carbonyl (C=O) groups is 1. The van der Waals surface area contributed by atoms with E-state index in [0.29, 0.717) is 51.8 Å². The van der Waals surface area contributed by atoms with Crippen molar-refractivity contribution in [3.8, 4) is 17.8 Å². The lowest BCUT2D eigenvalue weighted by molar-refractivity contribution is -0.125.